The highest BCUT2D eigenvalue weighted by Gasteiger charge is 2.31. The number of carbonyl (C=O) groups excluding carboxylic acids is 2. The molecule has 1 heterocycles. The number of carboxylic acid groups (broad SMARTS) is 1. The van der Waals surface area contributed by atoms with Gasteiger partial charge >= 0.3 is 12.0 Å². The van der Waals surface area contributed by atoms with Crippen LogP contribution in [0.5, 0.6) is 0 Å². The number of aliphatic carboxylic acids is 1. The predicted octanol–water partition coefficient (Wildman–Crippen LogP) is -0.573. The highest BCUT2D eigenvalue weighted by Crippen LogP contribution is 2.25. The van der Waals surface area contributed by atoms with E-state index in [4.69, 9.17) is 5.11 Å². The topological polar surface area (TPSA) is 108 Å². The number of urea groups is 1. The minimum absolute atomic E-state index is 0.0629. The zero-order valence-corrected chi connectivity index (χ0v) is 9.94. The summed E-state index contributed by atoms with van der Waals surface area (Å²) in [5, 5.41) is 16.9. The van der Waals surface area contributed by atoms with E-state index in [2.05, 4.69) is 16.0 Å². The van der Waals surface area contributed by atoms with Crippen LogP contribution < -0.4 is 16.0 Å². The van der Waals surface area contributed by atoms with Crippen molar-refractivity contribution in [1.29, 1.82) is 0 Å². The fourth-order valence-electron chi connectivity index (χ4n) is 2.46. The lowest BCUT2D eigenvalue weighted by Crippen LogP contribution is -2.46. The Hall–Kier alpha value is -1.79. The van der Waals surface area contributed by atoms with E-state index < -0.39 is 5.97 Å². The van der Waals surface area contributed by atoms with Crippen molar-refractivity contribution in [1.82, 2.24) is 16.0 Å². The minimum Gasteiger partial charge on any atom is -0.481 e. The Morgan fingerprint density at radius 2 is 1.94 bits per heavy atom. The Morgan fingerprint density at radius 3 is 2.50 bits per heavy atom. The lowest BCUT2D eigenvalue weighted by Gasteiger charge is -2.16. The van der Waals surface area contributed by atoms with E-state index in [1.54, 1.807) is 0 Å². The Kier molecular flexibility index (Phi) is 3.69. The monoisotopic (exact) mass is 255 g/mol. The molecule has 100 valence electrons. The molecular formula is C11H17N3O4. The second-order valence-corrected chi connectivity index (χ2v) is 4.87. The van der Waals surface area contributed by atoms with Gasteiger partial charge in [0, 0.05) is 19.0 Å². The van der Waals surface area contributed by atoms with E-state index >= 15 is 0 Å². The van der Waals surface area contributed by atoms with Crippen LogP contribution in [0.2, 0.25) is 0 Å². The number of hydrogen-bond donors (Lipinski definition) is 4. The Balaban J connectivity index is 1.72. The highest BCUT2D eigenvalue weighted by molar-refractivity contribution is 5.81. The van der Waals surface area contributed by atoms with E-state index in [1.807, 2.05) is 0 Å². The van der Waals surface area contributed by atoms with Gasteiger partial charge in [0.2, 0.25) is 5.91 Å². The van der Waals surface area contributed by atoms with E-state index in [9.17, 15) is 14.4 Å². The van der Waals surface area contributed by atoms with Gasteiger partial charge in [0.05, 0.1) is 12.0 Å². The minimum atomic E-state index is -0.801. The molecule has 18 heavy (non-hydrogen) atoms. The number of carbonyl (C=O) groups is 3. The second-order valence-electron chi connectivity index (χ2n) is 4.87. The molecule has 4 N–H and O–H groups in total. The molecule has 0 aromatic carbocycles. The molecule has 2 aliphatic rings. The van der Waals surface area contributed by atoms with Crippen molar-refractivity contribution in [2.75, 3.05) is 6.54 Å². The molecule has 0 bridgehead atoms. The first-order chi connectivity index (χ1) is 8.54. The van der Waals surface area contributed by atoms with Crippen molar-refractivity contribution in [3.63, 3.8) is 0 Å². The molecule has 7 heteroatoms. The predicted molar refractivity (Wildman–Crippen MR) is 61.8 cm³/mol. The summed E-state index contributed by atoms with van der Waals surface area (Å²) in [6.45, 7) is 0.453. The maximum Gasteiger partial charge on any atom is 0.315 e. The largest absolute Gasteiger partial charge is 0.481 e. The Labute approximate surface area is 104 Å². The molecule has 0 radical (unpaired) electrons. The first-order valence-corrected chi connectivity index (χ1v) is 6.11. The lowest BCUT2D eigenvalue weighted by molar-refractivity contribution is -0.141. The number of rotatable bonds is 3. The van der Waals surface area contributed by atoms with Gasteiger partial charge in [-0.1, -0.05) is 0 Å². The first-order valence-electron chi connectivity index (χ1n) is 6.11. The Morgan fingerprint density at radius 1 is 1.22 bits per heavy atom. The van der Waals surface area contributed by atoms with E-state index in [1.165, 1.54) is 0 Å². The summed E-state index contributed by atoms with van der Waals surface area (Å²) in [7, 11) is 0. The van der Waals surface area contributed by atoms with Crippen molar-refractivity contribution in [2.24, 2.45) is 5.92 Å². The van der Waals surface area contributed by atoms with E-state index in [0.29, 0.717) is 32.2 Å². The number of nitrogens with one attached hydrogen (secondary N) is 3. The van der Waals surface area contributed by atoms with Crippen molar-refractivity contribution < 1.29 is 19.5 Å². The third-order valence-corrected chi connectivity index (χ3v) is 3.43. The molecule has 0 aromatic heterocycles. The maximum atomic E-state index is 11.6. The summed E-state index contributed by atoms with van der Waals surface area (Å²) in [6.07, 6.45) is 2.07. The summed E-state index contributed by atoms with van der Waals surface area (Å²) in [4.78, 5) is 33.4. The summed E-state index contributed by atoms with van der Waals surface area (Å²) < 4.78 is 0. The van der Waals surface area contributed by atoms with Gasteiger partial charge in [0.1, 0.15) is 0 Å². The summed E-state index contributed by atoms with van der Waals surface area (Å²) in [5.41, 5.74) is 0. The maximum absolute atomic E-state index is 11.6. The molecule has 3 atom stereocenters. The highest BCUT2D eigenvalue weighted by atomic mass is 16.4. The number of amides is 3. The van der Waals surface area contributed by atoms with Gasteiger partial charge in [-0.15, -0.1) is 0 Å². The first kappa shape index (κ1) is 12.7. The van der Waals surface area contributed by atoms with Crippen molar-refractivity contribution in [3.8, 4) is 0 Å². The van der Waals surface area contributed by atoms with E-state index in [-0.39, 0.29) is 29.9 Å². The van der Waals surface area contributed by atoms with Crippen LogP contribution in [-0.4, -0.2) is 41.6 Å². The average molecular weight is 255 g/mol. The molecular weight excluding hydrogens is 238 g/mol. The zero-order valence-electron chi connectivity index (χ0n) is 9.94. The molecule has 1 aliphatic heterocycles. The van der Waals surface area contributed by atoms with Crippen molar-refractivity contribution in [2.45, 2.75) is 37.8 Å². The quantitative estimate of drug-likeness (QED) is 0.541. The van der Waals surface area contributed by atoms with Crippen LogP contribution in [0.3, 0.4) is 0 Å². The van der Waals surface area contributed by atoms with Gasteiger partial charge in [0.25, 0.3) is 0 Å². The molecule has 0 aromatic rings. The molecule has 2 fully saturated rings. The van der Waals surface area contributed by atoms with Crippen molar-refractivity contribution >= 4 is 17.9 Å². The summed E-state index contributed by atoms with van der Waals surface area (Å²) >= 11 is 0. The van der Waals surface area contributed by atoms with Crippen molar-refractivity contribution in [3.05, 3.63) is 0 Å². The second kappa shape index (κ2) is 5.24. The fourth-order valence-corrected chi connectivity index (χ4v) is 2.46. The van der Waals surface area contributed by atoms with Gasteiger partial charge in [-0.2, -0.15) is 0 Å². The van der Waals surface area contributed by atoms with E-state index in [0.717, 1.165) is 0 Å². The molecule has 1 saturated heterocycles. The molecule has 0 spiro atoms. The van der Waals surface area contributed by atoms with Gasteiger partial charge in [-0.25, -0.2) is 4.79 Å². The molecule has 3 amide bonds. The van der Waals surface area contributed by atoms with Crippen LogP contribution in [0.15, 0.2) is 0 Å². The van der Waals surface area contributed by atoms with Gasteiger partial charge in [0.15, 0.2) is 0 Å². The molecule has 7 nitrogen and oxygen atoms in total. The SMILES string of the molecule is O=C1CC(NC(=O)NC2CCC(C(=O)O)C2)CN1. The molecule has 1 saturated carbocycles. The van der Waals surface area contributed by atoms with Crippen LogP contribution in [0.4, 0.5) is 4.79 Å². The molecule has 2 rings (SSSR count). The van der Waals surface area contributed by atoms with Crippen LogP contribution in [0.25, 0.3) is 0 Å². The van der Waals surface area contributed by atoms with Gasteiger partial charge in [-0.3, -0.25) is 9.59 Å². The lowest BCUT2D eigenvalue weighted by atomic mass is 10.1. The molecule has 3 unspecified atom stereocenters. The van der Waals surface area contributed by atoms with Crippen LogP contribution in [0, 0.1) is 5.92 Å². The number of carboxylic acids is 1. The van der Waals surface area contributed by atoms with Crippen LogP contribution in [-0.2, 0) is 9.59 Å². The normalized spacial score (nSPS) is 30.9. The Bertz CT molecular complexity index is 371. The van der Waals surface area contributed by atoms with Crippen LogP contribution in [0.1, 0.15) is 25.7 Å². The number of hydrogen-bond acceptors (Lipinski definition) is 3. The third-order valence-electron chi connectivity index (χ3n) is 3.43. The smallest absolute Gasteiger partial charge is 0.315 e. The molecule has 1 aliphatic carbocycles. The van der Waals surface area contributed by atoms with Gasteiger partial charge < -0.3 is 21.1 Å². The fraction of sp³-hybridized carbons (Fsp3) is 0.727. The van der Waals surface area contributed by atoms with Crippen LogP contribution >= 0.6 is 0 Å². The zero-order chi connectivity index (χ0) is 13.1. The summed E-state index contributed by atoms with van der Waals surface area (Å²) in [5.74, 6) is -1.22. The average Bonchev–Trinajstić information content (AvgIpc) is 2.88. The van der Waals surface area contributed by atoms with Gasteiger partial charge in [-0.05, 0) is 19.3 Å². The standard InChI is InChI=1S/C11H17N3O4/c15-9-4-8(5-12-9)14-11(18)13-7-2-1-6(3-7)10(16)17/h6-8H,1-5H2,(H,12,15)(H,16,17)(H2,13,14,18). The summed E-state index contributed by atoms with van der Waals surface area (Å²) in [6, 6.07) is -0.585. The third kappa shape index (κ3) is 3.12.